The van der Waals surface area contributed by atoms with E-state index in [1.54, 1.807) is 17.4 Å². The van der Waals surface area contributed by atoms with Crippen molar-refractivity contribution < 1.29 is 4.79 Å². The van der Waals surface area contributed by atoms with E-state index in [-0.39, 0.29) is 11.4 Å². The van der Waals surface area contributed by atoms with E-state index in [2.05, 4.69) is 6.07 Å². The van der Waals surface area contributed by atoms with Gasteiger partial charge in [0.05, 0.1) is 17.0 Å². The molecule has 1 aromatic carbocycles. The van der Waals surface area contributed by atoms with Crippen LogP contribution in [-0.2, 0) is 11.3 Å². The van der Waals surface area contributed by atoms with Gasteiger partial charge in [-0.05, 0) is 23.1 Å². The van der Waals surface area contributed by atoms with Crippen molar-refractivity contribution in [3.05, 3.63) is 70.7 Å². The number of allylic oxidation sites excluding steroid dienone is 1. The van der Waals surface area contributed by atoms with Crippen LogP contribution in [0.25, 0.3) is 16.6 Å². The first-order chi connectivity index (χ1) is 12.9. The minimum Gasteiger partial charge on any atom is -0.293 e. The molecular formula is C22H21N3OS. The second-order valence-corrected chi connectivity index (χ2v) is 8.29. The van der Waals surface area contributed by atoms with E-state index in [1.807, 2.05) is 79.5 Å². The lowest BCUT2D eigenvalue weighted by Crippen LogP contribution is -2.21. The Labute approximate surface area is 163 Å². The fourth-order valence-corrected chi connectivity index (χ4v) is 3.44. The van der Waals surface area contributed by atoms with E-state index >= 15 is 0 Å². The Kier molecular flexibility index (Phi) is 5.38. The second-order valence-electron chi connectivity index (χ2n) is 7.34. The maximum Gasteiger partial charge on any atom is 0.178 e. The van der Waals surface area contributed by atoms with Crippen molar-refractivity contribution in [3.8, 4) is 16.6 Å². The van der Waals surface area contributed by atoms with Gasteiger partial charge < -0.3 is 0 Å². The molecule has 0 spiro atoms. The zero-order valence-corrected chi connectivity index (χ0v) is 16.5. The molecule has 3 aromatic rings. The molecule has 0 aliphatic carbocycles. The van der Waals surface area contributed by atoms with Crippen molar-refractivity contribution in [3.63, 3.8) is 0 Å². The van der Waals surface area contributed by atoms with Gasteiger partial charge in [0, 0.05) is 17.2 Å². The maximum absolute atomic E-state index is 12.6. The normalized spacial score (nSPS) is 12.0. The number of carbonyl (C=O) groups is 1. The molecule has 0 fully saturated rings. The van der Waals surface area contributed by atoms with Crippen LogP contribution in [0.5, 0.6) is 0 Å². The molecule has 0 saturated heterocycles. The Bertz CT molecular complexity index is 1000. The molecule has 0 amide bonds. The van der Waals surface area contributed by atoms with Crippen LogP contribution in [0.15, 0.2) is 59.6 Å². The Hall–Kier alpha value is -2.97. The van der Waals surface area contributed by atoms with Crippen molar-refractivity contribution >= 4 is 23.2 Å². The first-order valence-corrected chi connectivity index (χ1v) is 9.58. The Balaban J connectivity index is 2.04. The monoisotopic (exact) mass is 375 g/mol. The highest BCUT2D eigenvalue weighted by atomic mass is 32.1. The number of rotatable bonds is 5. The molecule has 0 aliphatic heterocycles. The standard InChI is InChI=1S/C22H21N3OS/c1-22(2,3)21(26)17(13-23)12-18-15-25(14-16-8-5-4-6-9-16)24-20(18)19-10-7-11-27-19/h4-12,15H,14H2,1-3H3/b17-12-. The summed E-state index contributed by atoms with van der Waals surface area (Å²) in [5.41, 5.74) is 2.25. The zero-order chi connectivity index (χ0) is 19.4. The van der Waals surface area contributed by atoms with Crippen LogP contribution >= 0.6 is 11.3 Å². The van der Waals surface area contributed by atoms with Crippen molar-refractivity contribution in [2.45, 2.75) is 27.3 Å². The number of carbonyl (C=O) groups excluding carboxylic acids is 1. The molecule has 0 bridgehead atoms. The SMILES string of the molecule is CC(C)(C)C(=O)/C(C#N)=C\c1cn(Cc2ccccc2)nc1-c1cccs1. The van der Waals surface area contributed by atoms with E-state index in [4.69, 9.17) is 5.10 Å². The number of hydrogen-bond donors (Lipinski definition) is 0. The van der Waals surface area contributed by atoms with Gasteiger partial charge in [0.2, 0.25) is 0 Å². The van der Waals surface area contributed by atoms with Crippen molar-refractivity contribution in [1.29, 1.82) is 5.26 Å². The molecule has 0 saturated carbocycles. The highest BCUT2D eigenvalue weighted by Crippen LogP contribution is 2.29. The maximum atomic E-state index is 12.6. The average molecular weight is 375 g/mol. The lowest BCUT2D eigenvalue weighted by atomic mass is 9.86. The molecule has 5 heteroatoms. The third kappa shape index (κ3) is 4.42. The number of benzene rings is 1. The quantitative estimate of drug-likeness (QED) is 0.456. The Morgan fingerprint density at radius 2 is 1.96 bits per heavy atom. The van der Waals surface area contributed by atoms with Crippen LogP contribution in [-0.4, -0.2) is 15.6 Å². The van der Waals surface area contributed by atoms with Crippen LogP contribution in [0.3, 0.4) is 0 Å². The summed E-state index contributed by atoms with van der Waals surface area (Å²) in [6, 6.07) is 16.1. The molecule has 0 unspecified atom stereocenters. The minimum absolute atomic E-state index is 0.152. The predicted octanol–water partition coefficient (Wildman–Crippen LogP) is 5.18. The summed E-state index contributed by atoms with van der Waals surface area (Å²) in [4.78, 5) is 13.6. The van der Waals surface area contributed by atoms with E-state index in [9.17, 15) is 10.1 Å². The zero-order valence-electron chi connectivity index (χ0n) is 15.6. The number of hydrogen-bond acceptors (Lipinski definition) is 4. The summed E-state index contributed by atoms with van der Waals surface area (Å²) < 4.78 is 1.85. The molecule has 2 aromatic heterocycles. The predicted molar refractivity (Wildman–Crippen MR) is 109 cm³/mol. The third-order valence-electron chi connectivity index (χ3n) is 4.08. The summed E-state index contributed by atoms with van der Waals surface area (Å²) in [6.45, 7) is 6.08. The molecule has 4 nitrogen and oxygen atoms in total. The van der Waals surface area contributed by atoms with Gasteiger partial charge in [-0.3, -0.25) is 9.48 Å². The van der Waals surface area contributed by atoms with Gasteiger partial charge >= 0.3 is 0 Å². The van der Waals surface area contributed by atoms with Gasteiger partial charge in [0.15, 0.2) is 5.78 Å². The lowest BCUT2D eigenvalue weighted by Gasteiger charge is -2.15. The smallest absolute Gasteiger partial charge is 0.178 e. The first kappa shape index (κ1) is 18.8. The number of nitriles is 1. The molecular weight excluding hydrogens is 354 g/mol. The van der Waals surface area contributed by atoms with Gasteiger partial charge in [0.1, 0.15) is 11.8 Å². The fraction of sp³-hybridized carbons (Fsp3) is 0.227. The summed E-state index contributed by atoms with van der Waals surface area (Å²) in [6.07, 6.45) is 3.56. The molecule has 0 N–H and O–H groups in total. The van der Waals surface area contributed by atoms with Gasteiger partial charge in [-0.25, -0.2) is 0 Å². The summed E-state index contributed by atoms with van der Waals surface area (Å²) in [5.74, 6) is -0.169. The molecule has 0 radical (unpaired) electrons. The molecule has 0 atom stereocenters. The number of ketones is 1. The third-order valence-corrected chi connectivity index (χ3v) is 4.95. The fourth-order valence-electron chi connectivity index (χ4n) is 2.71. The number of thiophene rings is 1. The molecule has 2 heterocycles. The lowest BCUT2D eigenvalue weighted by molar-refractivity contribution is -0.121. The molecule has 27 heavy (non-hydrogen) atoms. The van der Waals surface area contributed by atoms with Gasteiger partial charge in [-0.1, -0.05) is 57.2 Å². The highest BCUT2D eigenvalue weighted by molar-refractivity contribution is 7.13. The second kappa shape index (κ2) is 7.73. The van der Waals surface area contributed by atoms with Crippen LogP contribution < -0.4 is 0 Å². The van der Waals surface area contributed by atoms with Gasteiger partial charge in [-0.2, -0.15) is 10.4 Å². The highest BCUT2D eigenvalue weighted by Gasteiger charge is 2.25. The average Bonchev–Trinajstić information content (AvgIpc) is 3.28. The molecule has 136 valence electrons. The van der Waals surface area contributed by atoms with Crippen LogP contribution in [0.2, 0.25) is 0 Å². The van der Waals surface area contributed by atoms with Crippen molar-refractivity contribution in [1.82, 2.24) is 9.78 Å². The number of nitrogens with zero attached hydrogens (tertiary/aromatic N) is 3. The van der Waals surface area contributed by atoms with Gasteiger partial charge in [-0.15, -0.1) is 11.3 Å². The van der Waals surface area contributed by atoms with Gasteiger partial charge in [0.25, 0.3) is 0 Å². The number of aromatic nitrogens is 2. The van der Waals surface area contributed by atoms with E-state index in [0.717, 1.165) is 21.7 Å². The topological polar surface area (TPSA) is 58.7 Å². The van der Waals surface area contributed by atoms with Crippen molar-refractivity contribution in [2.24, 2.45) is 5.41 Å². The van der Waals surface area contributed by atoms with Crippen LogP contribution in [0, 0.1) is 16.7 Å². The van der Waals surface area contributed by atoms with E-state index in [1.165, 1.54) is 0 Å². The first-order valence-electron chi connectivity index (χ1n) is 8.70. The largest absolute Gasteiger partial charge is 0.293 e. The van der Waals surface area contributed by atoms with Crippen LogP contribution in [0.1, 0.15) is 31.9 Å². The van der Waals surface area contributed by atoms with Crippen LogP contribution in [0.4, 0.5) is 0 Å². The molecule has 3 rings (SSSR count). The molecule has 0 aliphatic rings. The van der Waals surface area contributed by atoms with E-state index in [0.29, 0.717) is 6.54 Å². The Morgan fingerprint density at radius 3 is 2.56 bits per heavy atom. The van der Waals surface area contributed by atoms with E-state index < -0.39 is 5.41 Å². The van der Waals surface area contributed by atoms with Crippen molar-refractivity contribution in [2.75, 3.05) is 0 Å². The Morgan fingerprint density at radius 1 is 1.22 bits per heavy atom. The minimum atomic E-state index is -0.606. The summed E-state index contributed by atoms with van der Waals surface area (Å²) >= 11 is 1.59. The summed E-state index contributed by atoms with van der Waals surface area (Å²) in [5, 5.41) is 16.2. The number of Topliss-reactive ketones (excluding diaryl/α,β-unsaturated/α-hetero) is 1. The summed E-state index contributed by atoms with van der Waals surface area (Å²) in [7, 11) is 0.